The number of hydrogen-bond acceptors (Lipinski definition) is 3. The van der Waals surface area contributed by atoms with Gasteiger partial charge in [-0.25, -0.2) is 0 Å². The molecule has 0 radical (unpaired) electrons. The number of halogens is 1. The Balaban J connectivity index is 1.62. The van der Waals surface area contributed by atoms with E-state index in [9.17, 15) is 0 Å². The third kappa shape index (κ3) is 2.37. The van der Waals surface area contributed by atoms with Gasteiger partial charge in [-0.05, 0) is 35.4 Å². The zero-order valence-electron chi connectivity index (χ0n) is 13.8. The summed E-state index contributed by atoms with van der Waals surface area (Å²) in [4.78, 5) is 4.38. The molecule has 0 saturated heterocycles. The zero-order valence-corrected chi connectivity index (χ0v) is 14.5. The number of fused-ring (bicyclic) bond motifs is 4. The van der Waals surface area contributed by atoms with Crippen LogP contribution in [0.2, 0.25) is 5.02 Å². The smallest absolute Gasteiger partial charge is 0.0990 e. The van der Waals surface area contributed by atoms with E-state index in [0.717, 1.165) is 33.4 Å². The summed E-state index contributed by atoms with van der Waals surface area (Å²) < 4.78 is 0. The van der Waals surface area contributed by atoms with Gasteiger partial charge in [0, 0.05) is 27.7 Å². The van der Waals surface area contributed by atoms with Crippen LogP contribution < -0.4 is 5.43 Å². The fraction of sp³-hybridized carbons (Fsp3) is 0. The number of benzene rings is 3. The lowest BCUT2D eigenvalue weighted by atomic mass is 10.1. The molecule has 26 heavy (non-hydrogen) atoms. The molecule has 3 nitrogen and oxygen atoms in total. The Morgan fingerprint density at radius 2 is 1.42 bits per heavy atom. The molecule has 4 heteroatoms. The van der Waals surface area contributed by atoms with Crippen molar-refractivity contribution in [2.45, 2.75) is 0 Å². The van der Waals surface area contributed by atoms with Crippen LogP contribution in [0.15, 0.2) is 84.1 Å². The van der Waals surface area contributed by atoms with Gasteiger partial charge in [0.05, 0.1) is 16.9 Å². The van der Waals surface area contributed by atoms with E-state index in [-0.39, 0.29) is 0 Å². The van der Waals surface area contributed by atoms with Gasteiger partial charge >= 0.3 is 0 Å². The van der Waals surface area contributed by atoms with Crippen molar-refractivity contribution in [1.82, 2.24) is 4.98 Å². The SMILES string of the molecule is Clc1ccc2c(NN=C3c4ccccc4-c4ccccc43)ccnc2c1. The molecule has 1 aromatic heterocycles. The molecule has 0 fully saturated rings. The largest absolute Gasteiger partial charge is 0.277 e. The summed E-state index contributed by atoms with van der Waals surface area (Å²) in [6.45, 7) is 0. The first-order chi connectivity index (χ1) is 12.8. The van der Waals surface area contributed by atoms with Gasteiger partial charge in [0.15, 0.2) is 0 Å². The van der Waals surface area contributed by atoms with Gasteiger partial charge in [0.25, 0.3) is 0 Å². The molecule has 124 valence electrons. The normalized spacial score (nSPS) is 12.0. The van der Waals surface area contributed by atoms with Crippen molar-refractivity contribution >= 4 is 33.9 Å². The Morgan fingerprint density at radius 1 is 0.769 bits per heavy atom. The van der Waals surface area contributed by atoms with Crippen molar-refractivity contribution in [3.05, 3.63) is 95.1 Å². The topological polar surface area (TPSA) is 37.3 Å². The van der Waals surface area contributed by atoms with E-state index < -0.39 is 0 Å². The van der Waals surface area contributed by atoms with Gasteiger partial charge in [-0.2, -0.15) is 5.10 Å². The van der Waals surface area contributed by atoms with E-state index in [4.69, 9.17) is 16.7 Å². The summed E-state index contributed by atoms with van der Waals surface area (Å²) in [5, 5.41) is 6.41. The van der Waals surface area contributed by atoms with Crippen LogP contribution in [-0.4, -0.2) is 10.7 Å². The van der Waals surface area contributed by atoms with E-state index in [1.54, 1.807) is 6.20 Å². The predicted molar refractivity (Wildman–Crippen MR) is 108 cm³/mol. The van der Waals surface area contributed by atoms with Crippen LogP contribution in [0.25, 0.3) is 22.0 Å². The molecule has 0 aliphatic heterocycles. The first-order valence-electron chi connectivity index (χ1n) is 8.38. The Bertz CT molecular complexity index is 1130. The molecule has 5 rings (SSSR count). The fourth-order valence-electron chi connectivity index (χ4n) is 3.45. The third-order valence-electron chi connectivity index (χ3n) is 4.65. The average Bonchev–Trinajstić information content (AvgIpc) is 3.00. The lowest BCUT2D eigenvalue weighted by Gasteiger charge is -2.07. The van der Waals surface area contributed by atoms with Gasteiger partial charge in [-0.15, -0.1) is 0 Å². The second kappa shape index (κ2) is 5.97. The molecule has 0 saturated carbocycles. The number of anilines is 1. The minimum Gasteiger partial charge on any atom is -0.277 e. The highest BCUT2D eigenvalue weighted by Crippen LogP contribution is 2.36. The summed E-state index contributed by atoms with van der Waals surface area (Å²) in [5.41, 5.74) is 10.7. The predicted octanol–water partition coefficient (Wildman–Crippen LogP) is 5.73. The molecule has 1 heterocycles. The molecule has 1 N–H and O–H groups in total. The molecule has 0 bridgehead atoms. The van der Waals surface area contributed by atoms with E-state index >= 15 is 0 Å². The van der Waals surface area contributed by atoms with Crippen molar-refractivity contribution < 1.29 is 0 Å². The van der Waals surface area contributed by atoms with Crippen molar-refractivity contribution in [2.24, 2.45) is 5.10 Å². The van der Waals surface area contributed by atoms with Crippen LogP contribution in [0.3, 0.4) is 0 Å². The summed E-state index contributed by atoms with van der Waals surface area (Å²) in [6.07, 6.45) is 1.76. The lowest BCUT2D eigenvalue weighted by Crippen LogP contribution is -2.03. The molecule has 4 aromatic rings. The number of nitrogens with one attached hydrogen (secondary N) is 1. The molecule has 1 aliphatic carbocycles. The lowest BCUT2D eigenvalue weighted by molar-refractivity contribution is 1.32. The van der Waals surface area contributed by atoms with Gasteiger partial charge < -0.3 is 0 Å². The van der Waals surface area contributed by atoms with Crippen molar-refractivity contribution in [3.8, 4) is 11.1 Å². The number of hydrazone groups is 1. The van der Waals surface area contributed by atoms with E-state index in [1.165, 1.54) is 11.1 Å². The number of pyridine rings is 1. The first kappa shape index (κ1) is 15.1. The standard InChI is InChI=1S/C22H14ClN3/c23-14-9-10-19-20(11-12-24-21(19)13-14)25-26-22-17-7-3-1-5-15(17)16-6-2-4-8-18(16)22/h1-13H,(H,24,25). The van der Waals surface area contributed by atoms with Crippen LogP contribution in [0.4, 0.5) is 5.69 Å². The van der Waals surface area contributed by atoms with Gasteiger partial charge in [-0.3, -0.25) is 10.4 Å². The van der Waals surface area contributed by atoms with E-state index in [2.05, 4.69) is 46.8 Å². The first-order valence-corrected chi connectivity index (χ1v) is 8.76. The zero-order chi connectivity index (χ0) is 17.5. The molecule has 3 aromatic carbocycles. The highest BCUT2D eigenvalue weighted by molar-refractivity contribution is 6.31. The van der Waals surface area contributed by atoms with Crippen LogP contribution >= 0.6 is 11.6 Å². The maximum absolute atomic E-state index is 6.08. The molecule has 0 unspecified atom stereocenters. The average molecular weight is 356 g/mol. The maximum atomic E-state index is 6.08. The van der Waals surface area contributed by atoms with E-state index in [1.807, 2.05) is 36.4 Å². The second-order valence-electron chi connectivity index (χ2n) is 6.18. The molecular formula is C22H14ClN3. The third-order valence-corrected chi connectivity index (χ3v) is 4.88. The maximum Gasteiger partial charge on any atom is 0.0990 e. The Kier molecular flexibility index (Phi) is 3.47. The highest BCUT2D eigenvalue weighted by Gasteiger charge is 2.24. The summed E-state index contributed by atoms with van der Waals surface area (Å²) in [5.74, 6) is 0. The summed E-state index contributed by atoms with van der Waals surface area (Å²) in [6, 6.07) is 24.3. The van der Waals surface area contributed by atoms with Crippen LogP contribution in [0, 0.1) is 0 Å². The van der Waals surface area contributed by atoms with Crippen LogP contribution in [0.1, 0.15) is 11.1 Å². The highest BCUT2D eigenvalue weighted by atomic mass is 35.5. The number of hydrogen-bond donors (Lipinski definition) is 1. The van der Waals surface area contributed by atoms with E-state index in [0.29, 0.717) is 5.02 Å². The summed E-state index contributed by atoms with van der Waals surface area (Å²) in [7, 11) is 0. The molecule has 0 amide bonds. The minimum atomic E-state index is 0.673. The molecule has 0 spiro atoms. The van der Waals surface area contributed by atoms with Crippen molar-refractivity contribution in [2.75, 3.05) is 5.43 Å². The monoisotopic (exact) mass is 355 g/mol. The Labute approximate surface area is 156 Å². The van der Waals surface area contributed by atoms with Crippen molar-refractivity contribution in [1.29, 1.82) is 0 Å². The minimum absolute atomic E-state index is 0.673. The molecular weight excluding hydrogens is 342 g/mol. The fourth-order valence-corrected chi connectivity index (χ4v) is 3.62. The molecule has 0 atom stereocenters. The van der Waals surface area contributed by atoms with Gasteiger partial charge in [0.1, 0.15) is 0 Å². The van der Waals surface area contributed by atoms with Crippen LogP contribution in [0.5, 0.6) is 0 Å². The van der Waals surface area contributed by atoms with Gasteiger partial charge in [0.2, 0.25) is 0 Å². The Morgan fingerprint density at radius 3 is 2.12 bits per heavy atom. The number of aromatic nitrogens is 1. The second-order valence-corrected chi connectivity index (χ2v) is 6.62. The molecule has 1 aliphatic rings. The quantitative estimate of drug-likeness (QED) is 0.410. The summed E-state index contributed by atoms with van der Waals surface area (Å²) >= 11 is 6.08. The van der Waals surface area contributed by atoms with Crippen molar-refractivity contribution in [3.63, 3.8) is 0 Å². The van der Waals surface area contributed by atoms with Gasteiger partial charge in [-0.1, -0.05) is 60.1 Å². The number of rotatable bonds is 2. The number of nitrogens with zero attached hydrogens (tertiary/aromatic N) is 2. The van der Waals surface area contributed by atoms with Crippen LogP contribution in [-0.2, 0) is 0 Å². The Hall–Kier alpha value is -3.17.